The van der Waals surface area contributed by atoms with E-state index in [2.05, 4.69) is 30.1 Å². The molecule has 3 heteroatoms. The average Bonchev–Trinajstić information content (AvgIpc) is 2.97. The molecule has 0 atom stereocenters. The molecule has 0 aliphatic heterocycles. The Morgan fingerprint density at radius 1 is 1.06 bits per heavy atom. The molecule has 0 unspecified atom stereocenters. The van der Waals surface area contributed by atoms with Gasteiger partial charge in [-0.15, -0.1) is 11.3 Å². The topological polar surface area (TPSA) is 15.8 Å². The van der Waals surface area contributed by atoms with Crippen LogP contribution in [-0.4, -0.2) is 4.98 Å². The molecule has 2 heterocycles. The van der Waals surface area contributed by atoms with Gasteiger partial charge in [0.25, 0.3) is 0 Å². The first-order valence-corrected chi connectivity index (χ1v) is 6.89. The van der Waals surface area contributed by atoms with Gasteiger partial charge in [-0.25, -0.2) is 4.39 Å². The Bertz CT molecular complexity index is 651. The number of thiophene rings is 1. The molecule has 3 aromatic rings. The van der Waals surface area contributed by atoms with Gasteiger partial charge in [-0.3, -0.25) is 0 Å². The third-order valence-corrected chi connectivity index (χ3v) is 3.62. The minimum Gasteiger partial charge on any atom is -0.354 e. The fourth-order valence-electron chi connectivity index (χ4n) is 1.81. The van der Waals surface area contributed by atoms with Gasteiger partial charge in [0.15, 0.2) is 0 Å². The lowest BCUT2D eigenvalue weighted by atomic mass is 10.2. The maximum Gasteiger partial charge on any atom is 0.125 e. The molecule has 0 aliphatic rings. The molecule has 1 aromatic carbocycles. The van der Waals surface area contributed by atoms with Crippen LogP contribution in [-0.2, 0) is 0 Å². The summed E-state index contributed by atoms with van der Waals surface area (Å²) in [6, 6.07) is 11.0. The minimum absolute atomic E-state index is 0.205. The number of benzene rings is 1. The highest BCUT2D eigenvalue weighted by molar-refractivity contribution is 7.15. The Morgan fingerprint density at radius 2 is 1.83 bits per heavy atom. The molecule has 0 aliphatic carbocycles. The van der Waals surface area contributed by atoms with Crippen LogP contribution in [0.2, 0.25) is 0 Å². The molecule has 0 fully saturated rings. The highest BCUT2D eigenvalue weighted by Crippen LogP contribution is 2.29. The number of aryl methyl sites for hydroxylation is 1. The number of H-pyrrole nitrogens is 1. The zero-order chi connectivity index (χ0) is 13.1. The number of nitrogens with one attached hydrogen (secondary N) is 1. The predicted octanol–water partition coefficient (Wildman–Crippen LogP) is 5.37. The van der Waals surface area contributed by atoms with E-state index < -0.39 is 0 Å². The highest BCUT2D eigenvalue weighted by Gasteiger charge is 2.05. The third-order valence-electron chi connectivity index (χ3n) is 2.59. The maximum atomic E-state index is 13.0. The van der Waals surface area contributed by atoms with Crippen molar-refractivity contribution >= 4 is 22.2 Å². The first-order valence-electron chi connectivity index (χ1n) is 6.07. The van der Waals surface area contributed by atoms with E-state index in [1.54, 1.807) is 17.4 Å². The molecule has 3 rings (SSSR count). The molecule has 0 spiro atoms. The molecular formula is C15H16FNS. The van der Waals surface area contributed by atoms with E-state index in [1.807, 2.05) is 13.8 Å². The van der Waals surface area contributed by atoms with E-state index in [0.29, 0.717) is 0 Å². The molecule has 2 aromatic heterocycles. The average molecular weight is 261 g/mol. The summed E-state index contributed by atoms with van der Waals surface area (Å²) in [5.41, 5.74) is 1.90. The summed E-state index contributed by atoms with van der Waals surface area (Å²) in [6.07, 6.45) is 0. The van der Waals surface area contributed by atoms with Crippen LogP contribution in [0.25, 0.3) is 21.5 Å². The van der Waals surface area contributed by atoms with Crippen LogP contribution < -0.4 is 0 Å². The summed E-state index contributed by atoms with van der Waals surface area (Å²) in [5.74, 6) is -0.205. The van der Waals surface area contributed by atoms with Crippen molar-refractivity contribution in [1.82, 2.24) is 4.98 Å². The Morgan fingerprint density at radius 3 is 2.50 bits per heavy atom. The lowest BCUT2D eigenvalue weighted by molar-refractivity contribution is 0.629. The summed E-state index contributed by atoms with van der Waals surface area (Å²) >= 11 is 1.74. The molecule has 1 nitrogen and oxygen atoms in total. The van der Waals surface area contributed by atoms with Crippen molar-refractivity contribution in [2.75, 3.05) is 0 Å². The Balaban J connectivity index is 0.000000574. The molecule has 1 N–H and O–H groups in total. The number of hydrogen-bond donors (Lipinski definition) is 1. The molecule has 0 radical (unpaired) electrons. The predicted molar refractivity (Wildman–Crippen MR) is 77.7 cm³/mol. The lowest BCUT2D eigenvalue weighted by Crippen LogP contribution is -1.72. The molecule has 0 saturated heterocycles. The Hall–Kier alpha value is -1.61. The van der Waals surface area contributed by atoms with Crippen LogP contribution in [0.15, 0.2) is 36.4 Å². The standard InChI is InChI=1S/C13H10FNS.C2H6/c1-8-2-5-13(16-8)12-6-9-3-4-10(14)7-11(9)15-12;1-2/h2-7,15H,1H3;1-2H3. The van der Waals surface area contributed by atoms with E-state index in [4.69, 9.17) is 0 Å². The number of rotatable bonds is 1. The van der Waals surface area contributed by atoms with E-state index in [9.17, 15) is 4.39 Å². The Kier molecular flexibility index (Phi) is 3.82. The van der Waals surface area contributed by atoms with Gasteiger partial charge in [-0.2, -0.15) is 0 Å². The van der Waals surface area contributed by atoms with Gasteiger partial charge in [-0.05, 0) is 43.3 Å². The van der Waals surface area contributed by atoms with Gasteiger partial charge in [0.1, 0.15) is 5.82 Å². The van der Waals surface area contributed by atoms with E-state index in [0.717, 1.165) is 16.6 Å². The summed E-state index contributed by atoms with van der Waals surface area (Å²) in [7, 11) is 0. The van der Waals surface area contributed by atoms with Gasteiger partial charge in [0, 0.05) is 15.8 Å². The first kappa shape index (κ1) is 12.8. The van der Waals surface area contributed by atoms with Gasteiger partial charge >= 0.3 is 0 Å². The number of hydrogen-bond acceptors (Lipinski definition) is 1. The monoisotopic (exact) mass is 261 g/mol. The van der Waals surface area contributed by atoms with Gasteiger partial charge in [0.05, 0.1) is 10.6 Å². The van der Waals surface area contributed by atoms with Gasteiger partial charge in [0.2, 0.25) is 0 Å². The van der Waals surface area contributed by atoms with Crippen LogP contribution in [0.1, 0.15) is 18.7 Å². The molecule has 94 valence electrons. The second kappa shape index (κ2) is 5.36. The molecule has 0 amide bonds. The zero-order valence-electron chi connectivity index (χ0n) is 10.8. The zero-order valence-corrected chi connectivity index (χ0v) is 11.6. The smallest absolute Gasteiger partial charge is 0.125 e. The summed E-state index contributed by atoms with van der Waals surface area (Å²) in [6.45, 7) is 6.08. The molecule has 0 saturated carbocycles. The van der Waals surface area contributed by atoms with Crippen LogP contribution in [0.4, 0.5) is 4.39 Å². The molecular weight excluding hydrogens is 245 g/mol. The normalized spacial score (nSPS) is 10.2. The van der Waals surface area contributed by atoms with Crippen LogP contribution >= 0.6 is 11.3 Å². The Labute approximate surface area is 110 Å². The fourth-order valence-corrected chi connectivity index (χ4v) is 2.65. The van der Waals surface area contributed by atoms with Crippen molar-refractivity contribution in [2.24, 2.45) is 0 Å². The largest absolute Gasteiger partial charge is 0.354 e. The highest BCUT2D eigenvalue weighted by atomic mass is 32.1. The molecule has 0 bridgehead atoms. The van der Waals surface area contributed by atoms with Crippen molar-refractivity contribution in [2.45, 2.75) is 20.8 Å². The van der Waals surface area contributed by atoms with Gasteiger partial charge in [-0.1, -0.05) is 13.8 Å². The fraction of sp³-hybridized carbons (Fsp3) is 0.200. The number of halogens is 1. The van der Waals surface area contributed by atoms with Crippen molar-refractivity contribution < 1.29 is 4.39 Å². The quantitative estimate of drug-likeness (QED) is 0.606. The molecule has 18 heavy (non-hydrogen) atoms. The van der Waals surface area contributed by atoms with Gasteiger partial charge < -0.3 is 4.98 Å². The first-order chi connectivity index (χ1) is 8.72. The van der Waals surface area contributed by atoms with Crippen LogP contribution in [0.3, 0.4) is 0 Å². The lowest BCUT2D eigenvalue weighted by Gasteiger charge is -1.89. The number of aromatic amines is 1. The second-order valence-corrected chi connectivity index (χ2v) is 5.11. The second-order valence-electron chi connectivity index (χ2n) is 3.82. The summed E-state index contributed by atoms with van der Waals surface area (Å²) in [4.78, 5) is 5.70. The van der Waals surface area contributed by atoms with Crippen LogP contribution in [0.5, 0.6) is 0 Å². The summed E-state index contributed by atoms with van der Waals surface area (Å²) < 4.78 is 13.0. The maximum absolute atomic E-state index is 13.0. The van der Waals surface area contributed by atoms with E-state index >= 15 is 0 Å². The summed E-state index contributed by atoms with van der Waals surface area (Å²) in [5, 5.41) is 1.04. The van der Waals surface area contributed by atoms with Crippen molar-refractivity contribution in [3.8, 4) is 10.6 Å². The van der Waals surface area contributed by atoms with Crippen molar-refractivity contribution in [3.63, 3.8) is 0 Å². The van der Waals surface area contributed by atoms with Crippen molar-refractivity contribution in [3.05, 3.63) is 47.1 Å². The number of fused-ring (bicyclic) bond motifs is 1. The SMILES string of the molecule is CC.Cc1ccc(-c2cc3ccc(F)cc3[nH]2)s1. The minimum atomic E-state index is -0.205. The number of aromatic nitrogens is 1. The van der Waals surface area contributed by atoms with Crippen LogP contribution in [0, 0.1) is 12.7 Å². The van der Waals surface area contributed by atoms with E-state index in [-0.39, 0.29) is 5.82 Å². The third kappa shape index (κ3) is 2.46. The van der Waals surface area contributed by atoms with E-state index in [1.165, 1.54) is 21.9 Å². The van der Waals surface area contributed by atoms with Crippen molar-refractivity contribution in [1.29, 1.82) is 0 Å².